The van der Waals surface area contributed by atoms with Gasteiger partial charge in [-0.05, 0) is 23.3 Å². The fourth-order valence-corrected chi connectivity index (χ4v) is 3.17. The standard InChI is InChI=1S/C24H16ClNO3/c25-20-12-10-19(11-13-20)23-15-21(29-24(27)28)14-22(26-23)18-8-6-17(7-9-18)16-4-2-1-3-5-16/h1-15H,(H,27,28). The molecule has 0 aliphatic carbocycles. The Balaban J connectivity index is 1.75. The van der Waals surface area contributed by atoms with E-state index >= 15 is 0 Å². The lowest BCUT2D eigenvalue weighted by Gasteiger charge is -2.10. The van der Waals surface area contributed by atoms with Crippen molar-refractivity contribution in [1.82, 2.24) is 4.98 Å². The van der Waals surface area contributed by atoms with Crippen LogP contribution in [0.25, 0.3) is 33.6 Å². The second-order valence-corrected chi connectivity index (χ2v) is 6.83. The number of hydrogen-bond donors (Lipinski definition) is 1. The number of rotatable bonds is 4. The van der Waals surface area contributed by atoms with E-state index in [9.17, 15) is 4.79 Å². The number of halogens is 1. The third kappa shape index (κ3) is 4.45. The summed E-state index contributed by atoms with van der Waals surface area (Å²) in [6.07, 6.45) is -1.37. The molecule has 0 bridgehead atoms. The molecule has 0 radical (unpaired) electrons. The van der Waals surface area contributed by atoms with Crippen molar-refractivity contribution in [3.05, 3.63) is 96.0 Å². The highest BCUT2D eigenvalue weighted by Crippen LogP contribution is 2.30. The molecule has 5 heteroatoms. The summed E-state index contributed by atoms with van der Waals surface area (Å²) in [6, 6.07) is 28.4. The fraction of sp³-hybridized carbons (Fsp3) is 0. The molecular weight excluding hydrogens is 386 g/mol. The van der Waals surface area contributed by atoms with Crippen molar-refractivity contribution >= 4 is 17.8 Å². The summed E-state index contributed by atoms with van der Waals surface area (Å²) in [5, 5.41) is 9.64. The number of aromatic nitrogens is 1. The van der Waals surface area contributed by atoms with Gasteiger partial charge >= 0.3 is 6.16 Å². The second kappa shape index (κ2) is 8.17. The maximum Gasteiger partial charge on any atom is 0.511 e. The van der Waals surface area contributed by atoms with Gasteiger partial charge < -0.3 is 9.84 Å². The molecular formula is C24H16ClNO3. The van der Waals surface area contributed by atoms with Crippen molar-refractivity contribution in [2.24, 2.45) is 0 Å². The van der Waals surface area contributed by atoms with Crippen molar-refractivity contribution in [2.75, 3.05) is 0 Å². The number of benzene rings is 3. The quantitative estimate of drug-likeness (QED) is 0.382. The van der Waals surface area contributed by atoms with E-state index in [1.54, 1.807) is 24.3 Å². The minimum absolute atomic E-state index is 0.208. The van der Waals surface area contributed by atoms with Crippen molar-refractivity contribution in [2.45, 2.75) is 0 Å². The summed E-state index contributed by atoms with van der Waals surface area (Å²) in [4.78, 5) is 15.7. The van der Waals surface area contributed by atoms with E-state index in [2.05, 4.69) is 0 Å². The average molecular weight is 402 g/mol. The first-order chi connectivity index (χ1) is 14.1. The molecule has 3 aromatic carbocycles. The largest absolute Gasteiger partial charge is 0.511 e. The second-order valence-electron chi connectivity index (χ2n) is 6.39. The molecule has 0 saturated carbocycles. The minimum atomic E-state index is -1.37. The molecule has 1 aromatic heterocycles. The van der Waals surface area contributed by atoms with Gasteiger partial charge in [0.1, 0.15) is 5.75 Å². The van der Waals surface area contributed by atoms with E-state index in [4.69, 9.17) is 26.4 Å². The van der Waals surface area contributed by atoms with Gasteiger partial charge in [0.25, 0.3) is 0 Å². The molecule has 0 aliphatic rings. The normalized spacial score (nSPS) is 10.5. The first kappa shape index (κ1) is 18.7. The van der Waals surface area contributed by atoms with Gasteiger partial charge in [-0.3, -0.25) is 0 Å². The van der Waals surface area contributed by atoms with Crippen LogP contribution in [0.15, 0.2) is 91.0 Å². The number of nitrogens with zero attached hydrogens (tertiary/aromatic N) is 1. The minimum Gasteiger partial charge on any atom is -0.449 e. The van der Waals surface area contributed by atoms with Crippen LogP contribution in [0.3, 0.4) is 0 Å². The van der Waals surface area contributed by atoms with E-state index in [0.29, 0.717) is 16.4 Å². The number of ether oxygens (including phenoxy) is 1. The van der Waals surface area contributed by atoms with Crippen molar-refractivity contribution < 1.29 is 14.6 Å². The van der Waals surface area contributed by atoms with E-state index in [0.717, 1.165) is 22.3 Å². The number of carboxylic acid groups (broad SMARTS) is 1. The Hall–Kier alpha value is -3.63. The van der Waals surface area contributed by atoms with E-state index in [-0.39, 0.29) is 5.75 Å². The van der Waals surface area contributed by atoms with E-state index in [1.165, 1.54) is 0 Å². The monoisotopic (exact) mass is 401 g/mol. The Morgan fingerprint density at radius 1 is 0.724 bits per heavy atom. The molecule has 0 aliphatic heterocycles. The number of pyridine rings is 1. The van der Waals surface area contributed by atoms with Gasteiger partial charge in [-0.1, -0.05) is 78.3 Å². The Bertz CT molecular complexity index is 1140. The SMILES string of the molecule is O=C(O)Oc1cc(-c2ccc(Cl)cc2)nc(-c2ccc(-c3ccccc3)cc2)c1. The lowest BCUT2D eigenvalue weighted by Crippen LogP contribution is -2.04. The van der Waals surface area contributed by atoms with Gasteiger partial charge in [-0.2, -0.15) is 0 Å². The molecule has 0 unspecified atom stereocenters. The Kier molecular flexibility index (Phi) is 5.27. The highest BCUT2D eigenvalue weighted by atomic mass is 35.5. The molecule has 0 atom stereocenters. The third-order valence-corrected chi connectivity index (χ3v) is 4.68. The summed E-state index contributed by atoms with van der Waals surface area (Å²) >= 11 is 5.97. The van der Waals surface area contributed by atoms with Crippen LogP contribution in [0.5, 0.6) is 5.75 Å². The van der Waals surface area contributed by atoms with Crippen LogP contribution in [0.2, 0.25) is 5.02 Å². The van der Waals surface area contributed by atoms with Crippen LogP contribution >= 0.6 is 11.6 Å². The molecule has 0 fully saturated rings. The molecule has 4 aromatic rings. The maximum atomic E-state index is 11.1. The highest BCUT2D eigenvalue weighted by molar-refractivity contribution is 6.30. The summed E-state index contributed by atoms with van der Waals surface area (Å²) in [5.74, 6) is 0.208. The van der Waals surface area contributed by atoms with Gasteiger partial charge in [0, 0.05) is 28.3 Å². The van der Waals surface area contributed by atoms with Gasteiger partial charge in [-0.25, -0.2) is 9.78 Å². The summed E-state index contributed by atoms with van der Waals surface area (Å²) in [6.45, 7) is 0. The molecule has 4 nitrogen and oxygen atoms in total. The van der Waals surface area contributed by atoms with Crippen molar-refractivity contribution in [1.29, 1.82) is 0 Å². The summed E-state index contributed by atoms with van der Waals surface area (Å²) < 4.78 is 4.91. The van der Waals surface area contributed by atoms with Crippen LogP contribution in [0, 0.1) is 0 Å². The van der Waals surface area contributed by atoms with Gasteiger partial charge in [0.15, 0.2) is 0 Å². The molecule has 1 heterocycles. The molecule has 1 N–H and O–H groups in total. The molecule has 0 spiro atoms. The van der Waals surface area contributed by atoms with Crippen LogP contribution in [-0.4, -0.2) is 16.2 Å². The Labute approximate surface area is 173 Å². The van der Waals surface area contributed by atoms with Crippen LogP contribution < -0.4 is 4.74 Å². The first-order valence-electron chi connectivity index (χ1n) is 8.93. The summed E-state index contributed by atoms with van der Waals surface area (Å²) in [5.41, 5.74) is 5.10. The molecule has 0 saturated heterocycles. The zero-order chi connectivity index (χ0) is 20.2. The topological polar surface area (TPSA) is 59.4 Å². The third-order valence-electron chi connectivity index (χ3n) is 4.43. The smallest absolute Gasteiger partial charge is 0.449 e. The zero-order valence-corrected chi connectivity index (χ0v) is 16.0. The Morgan fingerprint density at radius 2 is 1.21 bits per heavy atom. The highest BCUT2D eigenvalue weighted by Gasteiger charge is 2.11. The predicted molar refractivity (Wildman–Crippen MR) is 114 cm³/mol. The van der Waals surface area contributed by atoms with E-state index < -0.39 is 6.16 Å². The first-order valence-corrected chi connectivity index (χ1v) is 9.31. The van der Waals surface area contributed by atoms with Crippen LogP contribution in [0.1, 0.15) is 0 Å². The number of carbonyl (C=O) groups is 1. The molecule has 4 rings (SSSR count). The number of hydrogen-bond acceptors (Lipinski definition) is 3. The molecule has 29 heavy (non-hydrogen) atoms. The average Bonchev–Trinajstić information content (AvgIpc) is 2.74. The predicted octanol–water partition coefficient (Wildman–Crippen LogP) is 6.79. The summed E-state index contributed by atoms with van der Waals surface area (Å²) in [7, 11) is 0. The molecule has 142 valence electrons. The van der Waals surface area contributed by atoms with Crippen LogP contribution in [0.4, 0.5) is 4.79 Å². The Morgan fingerprint density at radius 3 is 1.76 bits per heavy atom. The van der Waals surface area contributed by atoms with Gasteiger partial charge in [0.05, 0.1) is 11.4 Å². The lowest BCUT2D eigenvalue weighted by atomic mass is 10.0. The van der Waals surface area contributed by atoms with Crippen molar-refractivity contribution in [3.63, 3.8) is 0 Å². The fourth-order valence-electron chi connectivity index (χ4n) is 3.05. The van der Waals surface area contributed by atoms with Crippen LogP contribution in [-0.2, 0) is 0 Å². The van der Waals surface area contributed by atoms with E-state index in [1.807, 2.05) is 66.7 Å². The van der Waals surface area contributed by atoms with Gasteiger partial charge in [0.2, 0.25) is 0 Å². The molecule has 0 amide bonds. The lowest BCUT2D eigenvalue weighted by molar-refractivity contribution is 0.144. The zero-order valence-electron chi connectivity index (χ0n) is 15.2. The van der Waals surface area contributed by atoms with Gasteiger partial charge in [-0.15, -0.1) is 0 Å². The maximum absolute atomic E-state index is 11.1. The van der Waals surface area contributed by atoms with Crippen molar-refractivity contribution in [3.8, 4) is 39.4 Å².